The molecular formula is C22H29N3O2. The molecule has 27 heavy (non-hydrogen) atoms. The average molecular weight is 367 g/mol. The van der Waals surface area contributed by atoms with E-state index < -0.39 is 0 Å². The maximum atomic E-state index is 12.8. The zero-order chi connectivity index (χ0) is 19.8. The summed E-state index contributed by atoms with van der Waals surface area (Å²) in [6, 6.07) is 15.5. The van der Waals surface area contributed by atoms with Gasteiger partial charge in [-0.2, -0.15) is 0 Å². The lowest BCUT2D eigenvalue weighted by atomic mass is 10.1. The Hall–Kier alpha value is -2.82. The third kappa shape index (κ3) is 5.84. The van der Waals surface area contributed by atoms with Crippen LogP contribution in [0.2, 0.25) is 0 Å². The predicted octanol–water partition coefficient (Wildman–Crippen LogP) is 4.23. The molecule has 0 spiro atoms. The summed E-state index contributed by atoms with van der Waals surface area (Å²) in [6.45, 7) is 6.61. The Balaban J connectivity index is 2.03. The summed E-state index contributed by atoms with van der Waals surface area (Å²) in [6.07, 6.45) is 1.83. The number of urea groups is 1. The number of aryl methyl sites for hydroxylation is 2. The van der Waals surface area contributed by atoms with E-state index >= 15 is 0 Å². The van der Waals surface area contributed by atoms with Gasteiger partial charge >= 0.3 is 6.03 Å². The van der Waals surface area contributed by atoms with E-state index in [4.69, 9.17) is 0 Å². The molecule has 0 unspecified atom stereocenters. The molecule has 5 nitrogen and oxygen atoms in total. The second kappa shape index (κ2) is 9.76. The molecule has 0 saturated carbocycles. The number of carbonyl (C=O) groups is 2. The van der Waals surface area contributed by atoms with Crippen LogP contribution in [0.5, 0.6) is 0 Å². The van der Waals surface area contributed by atoms with Crippen LogP contribution in [0.3, 0.4) is 0 Å². The molecule has 2 aromatic rings. The van der Waals surface area contributed by atoms with Crippen molar-refractivity contribution in [2.24, 2.45) is 0 Å². The monoisotopic (exact) mass is 367 g/mol. The molecule has 0 aromatic heterocycles. The normalized spacial score (nSPS) is 10.6. The number of nitrogens with zero attached hydrogens (tertiary/aromatic N) is 1. The highest BCUT2D eigenvalue weighted by molar-refractivity contribution is 5.97. The van der Waals surface area contributed by atoms with E-state index in [2.05, 4.69) is 22.8 Å². The van der Waals surface area contributed by atoms with Gasteiger partial charge in [0, 0.05) is 30.9 Å². The molecular weight excluding hydrogens is 338 g/mol. The molecule has 0 saturated heterocycles. The Morgan fingerprint density at radius 1 is 1.07 bits per heavy atom. The van der Waals surface area contributed by atoms with Gasteiger partial charge < -0.3 is 15.5 Å². The Morgan fingerprint density at radius 2 is 1.78 bits per heavy atom. The molecule has 0 atom stereocenters. The number of benzene rings is 2. The Kier molecular flexibility index (Phi) is 7.41. The Morgan fingerprint density at radius 3 is 2.41 bits per heavy atom. The number of carbonyl (C=O) groups excluding carboxylic acids is 2. The van der Waals surface area contributed by atoms with Crippen molar-refractivity contribution >= 4 is 17.6 Å². The van der Waals surface area contributed by atoms with Gasteiger partial charge in [0.15, 0.2) is 0 Å². The highest BCUT2D eigenvalue weighted by Crippen LogP contribution is 2.18. The van der Waals surface area contributed by atoms with Crippen LogP contribution in [-0.2, 0) is 6.42 Å². The topological polar surface area (TPSA) is 61.4 Å². The fourth-order valence-corrected chi connectivity index (χ4v) is 2.92. The fraction of sp³-hybridized carbons (Fsp3) is 0.364. The molecule has 0 bridgehead atoms. The maximum absolute atomic E-state index is 12.8. The first-order chi connectivity index (χ1) is 12.9. The largest absolute Gasteiger partial charge is 0.355 e. The lowest BCUT2D eigenvalue weighted by Crippen LogP contribution is -2.41. The molecule has 2 aromatic carbocycles. The standard InChI is InChI=1S/C22H29N3O2/c1-16(2)25(14-8-11-18-9-6-5-7-10-18)22(27)24-20-15-19(21(26)23-4)13-12-17(20)3/h5-7,9-10,12-13,15-16H,8,11,14H2,1-4H3,(H,23,26)(H,24,27). The quantitative estimate of drug-likeness (QED) is 0.769. The summed E-state index contributed by atoms with van der Waals surface area (Å²) in [5.41, 5.74) is 3.38. The van der Waals surface area contributed by atoms with Crippen molar-refractivity contribution in [3.05, 3.63) is 65.2 Å². The van der Waals surface area contributed by atoms with E-state index in [1.165, 1.54) is 5.56 Å². The summed E-state index contributed by atoms with van der Waals surface area (Å²) >= 11 is 0. The summed E-state index contributed by atoms with van der Waals surface area (Å²) in [7, 11) is 1.59. The van der Waals surface area contributed by atoms with Crippen molar-refractivity contribution in [1.29, 1.82) is 0 Å². The zero-order valence-corrected chi connectivity index (χ0v) is 16.6. The van der Waals surface area contributed by atoms with Gasteiger partial charge in [0.25, 0.3) is 5.91 Å². The van der Waals surface area contributed by atoms with Gasteiger partial charge in [0.1, 0.15) is 0 Å². The van der Waals surface area contributed by atoms with Crippen LogP contribution >= 0.6 is 0 Å². The minimum atomic E-state index is -0.172. The van der Waals surface area contributed by atoms with Gasteiger partial charge in [-0.3, -0.25) is 4.79 Å². The number of hydrogen-bond donors (Lipinski definition) is 2. The number of anilines is 1. The second-order valence-electron chi connectivity index (χ2n) is 6.92. The van der Waals surface area contributed by atoms with Crippen LogP contribution in [0.15, 0.2) is 48.5 Å². The molecule has 2 N–H and O–H groups in total. The van der Waals surface area contributed by atoms with Crippen molar-refractivity contribution in [1.82, 2.24) is 10.2 Å². The first kappa shape index (κ1) is 20.5. The van der Waals surface area contributed by atoms with E-state index in [0.29, 0.717) is 17.8 Å². The molecule has 3 amide bonds. The summed E-state index contributed by atoms with van der Waals surface area (Å²) in [5, 5.41) is 5.57. The summed E-state index contributed by atoms with van der Waals surface area (Å²) in [4.78, 5) is 26.5. The van der Waals surface area contributed by atoms with E-state index in [9.17, 15) is 9.59 Å². The fourth-order valence-electron chi connectivity index (χ4n) is 2.92. The zero-order valence-electron chi connectivity index (χ0n) is 16.6. The van der Waals surface area contributed by atoms with Crippen LogP contribution in [0, 0.1) is 6.92 Å². The average Bonchev–Trinajstić information content (AvgIpc) is 2.66. The number of amides is 3. The SMILES string of the molecule is CNC(=O)c1ccc(C)c(NC(=O)N(CCCc2ccccc2)C(C)C)c1. The first-order valence-corrected chi connectivity index (χ1v) is 9.36. The number of hydrogen-bond acceptors (Lipinski definition) is 2. The van der Waals surface area contributed by atoms with Crippen molar-refractivity contribution in [3.8, 4) is 0 Å². The van der Waals surface area contributed by atoms with Crippen LogP contribution in [0.25, 0.3) is 0 Å². The van der Waals surface area contributed by atoms with Crippen LogP contribution in [-0.4, -0.2) is 36.5 Å². The minimum Gasteiger partial charge on any atom is -0.355 e. The molecule has 0 radical (unpaired) electrons. The molecule has 5 heteroatoms. The second-order valence-corrected chi connectivity index (χ2v) is 6.92. The van der Waals surface area contributed by atoms with Crippen molar-refractivity contribution in [2.45, 2.75) is 39.7 Å². The van der Waals surface area contributed by atoms with E-state index in [-0.39, 0.29) is 18.0 Å². The molecule has 0 aliphatic heterocycles. The first-order valence-electron chi connectivity index (χ1n) is 9.36. The van der Waals surface area contributed by atoms with Gasteiger partial charge in [0.05, 0.1) is 0 Å². The third-order valence-electron chi connectivity index (χ3n) is 4.56. The van der Waals surface area contributed by atoms with Crippen molar-refractivity contribution < 1.29 is 9.59 Å². The summed E-state index contributed by atoms with van der Waals surface area (Å²) < 4.78 is 0. The molecule has 0 fully saturated rings. The van der Waals surface area contributed by atoms with Gasteiger partial charge in [-0.1, -0.05) is 36.4 Å². The summed E-state index contributed by atoms with van der Waals surface area (Å²) in [5.74, 6) is -0.172. The highest BCUT2D eigenvalue weighted by Gasteiger charge is 2.18. The number of nitrogens with one attached hydrogen (secondary N) is 2. The third-order valence-corrected chi connectivity index (χ3v) is 4.56. The highest BCUT2D eigenvalue weighted by atomic mass is 16.2. The van der Waals surface area contributed by atoms with Gasteiger partial charge in [0.2, 0.25) is 0 Å². The van der Waals surface area contributed by atoms with Crippen LogP contribution < -0.4 is 10.6 Å². The molecule has 0 heterocycles. The minimum absolute atomic E-state index is 0.0863. The molecule has 144 valence electrons. The van der Waals surface area contributed by atoms with Gasteiger partial charge in [-0.15, -0.1) is 0 Å². The lowest BCUT2D eigenvalue weighted by molar-refractivity contribution is 0.0963. The predicted molar refractivity (Wildman–Crippen MR) is 110 cm³/mol. The smallest absolute Gasteiger partial charge is 0.322 e. The molecule has 0 aliphatic rings. The van der Waals surface area contributed by atoms with E-state index in [0.717, 1.165) is 18.4 Å². The maximum Gasteiger partial charge on any atom is 0.322 e. The Bertz CT molecular complexity index is 772. The lowest BCUT2D eigenvalue weighted by Gasteiger charge is -2.27. The van der Waals surface area contributed by atoms with Crippen molar-refractivity contribution in [2.75, 3.05) is 18.9 Å². The van der Waals surface area contributed by atoms with E-state index in [1.807, 2.05) is 49.9 Å². The molecule has 0 aliphatic carbocycles. The molecule has 2 rings (SSSR count). The van der Waals surface area contributed by atoms with Crippen LogP contribution in [0.1, 0.15) is 41.8 Å². The van der Waals surface area contributed by atoms with Crippen LogP contribution in [0.4, 0.5) is 10.5 Å². The van der Waals surface area contributed by atoms with Gasteiger partial charge in [-0.25, -0.2) is 4.79 Å². The van der Waals surface area contributed by atoms with Gasteiger partial charge in [-0.05, 0) is 56.9 Å². The Labute approximate surface area is 161 Å². The van der Waals surface area contributed by atoms with Crippen molar-refractivity contribution in [3.63, 3.8) is 0 Å². The number of rotatable bonds is 7. The van der Waals surface area contributed by atoms with E-state index in [1.54, 1.807) is 19.2 Å².